The van der Waals surface area contributed by atoms with Gasteiger partial charge in [-0.15, -0.1) is 0 Å². The van der Waals surface area contributed by atoms with Crippen LogP contribution in [0.4, 0.5) is 4.79 Å². The van der Waals surface area contributed by atoms with Gasteiger partial charge >= 0.3 is 12.0 Å². The van der Waals surface area contributed by atoms with E-state index < -0.39 is 18.5 Å². The van der Waals surface area contributed by atoms with Crippen LogP contribution in [0.15, 0.2) is 18.2 Å². The van der Waals surface area contributed by atoms with Gasteiger partial charge in [0.25, 0.3) is 0 Å². The number of rotatable bonds is 4. The lowest BCUT2D eigenvalue weighted by molar-refractivity contribution is -0.135. The molecule has 0 unspecified atom stereocenters. The molecule has 0 aromatic heterocycles. The summed E-state index contributed by atoms with van der Waals surface area (Å²) >= 11 is 11.6. The summed E-state index contributed by atoms with van der Waals surface area (Å²) in [4.78, 5) is 21.3. The fourth-order valence-corrected chi connectivity index (χ4v) is 1.53. The molecule has 0 aliphatic heterocycles. The molecule has 0 fully saturated rings. The molecule has 0 spiro atoms. The lowest BCUT2D eigenvalue weighted by Crippen LogP contribution is -2.38. The first-order chi connectivity index (χ1) is 7.99. The first-order valence-electron chi connectivity index (χ1n) is 4.66. The second-order valence-electron chi connectivity index (χ2n) is 3.17. The minimum absolute atomic E-state index is 0.196. The van der Waals surface area contributed by atoms with Gasteiger partial charge in [-0.25, -0.2) is 4.79 Å². The highest BCUT2D eigenvalue weighted by atomic mass is 35.5. The number of benzene rings is 1. The number of carbonyl (C=O) groups is 2. The summed E-state index contributed by atoms with van der Waals surface area (Å²) in [6.45, 7) is -0.234. The molecule has 92 valence electrons. The minimum atomic E-state index is -1.11. The van der Waals surface area contributed by atoms with Gasteiger partial charge in [-0.3, -0.25) is 4.79 Å². The predicted octanol–water partition coefficient (Wildman–Crippen LogP) is 1.88. The van der Waals surface area contributed by atoms with Crippen LogP contribution in [0.1, 0.15) is 5.56 Å². The van der Waals surface area contributed by atoms with Crippen LogP contribution >= 0.6 is 23.2 Å². The molecule has 0 bridgehead atoms. The fourth-order valence-electron chi connectivity index (χ4n) is 1.06. The summed E-state index contributed by atoms with van der Waals surface area (Å²) in [6.07, 6.45) is 0. The van der Waals surface area contributed by atoms with Crippen molar-refractivity contribution in [2.24, 2.45) is 0 Å². The van der Waals surface area contributed by atoms with E-state index in [0.29, 0.717) is 15.6 Å². The van der Waals surface area contributed by atoms with Gasteiger partial charge < -0.3 is 15.7 Å². The Hall–Kier alpha value is -1.46. The Morgan fingerprint density at radius 2 is 1.94 bits per heavy atom. The Balaban J connectivity index is 2.44. The van der Waals surface area contributed by atoms with E-state index in [-0.39, 0.29) is 6.54 Å². The first-order valence-corrected chi connectivity index (χ1v) is 5.42. The largest absolute Gasteiger partial charge is 0.480 e. The van der Waals surface area contributed by atoms with Crippen molar-refractivity contribution >= 4 is 35.2 Å². The second kappa shape index (κ2) is 6.32. The van der Waals surface area contributed by atoms with Gasteiger partial charge in [0.1, 0.15) is 6.54 Å². The van der Waals surface area contributed by atoms with Crippen molar-refractivity contribution in [3.63, 3.8) is 0 Å². The van der Waals surface area contributed by atoms with Crippen LogP contribution in [0.5, 0.6) is 0 Å². The highest BCUT2D eigenvalue weighted by Crippen LogP contribution is 2.20. The second-order valence-corrected chi connectivity index (χ2v) is 4.01. The Bertz CT molecular complexity index is 438. The SMILES string of the molecule is O=C(O)CNC(=O)NCc1ccc(Cl)cc1Cl. The van der Waals surface area contributed by atoms with Gasteiger partial charge in [0.05, 0.1) is 0 Å². The number of carboxylic acid groups (broad SMARTS) is 1. The lowest BCUT2D eigenvalue weighted by Gasteiger charge is -2.07. The number of carbonyl (C=O) groups excluding carboxylic acids is 1. The zero-order valence-corrected chi connectivity index (χ0v) is 10.2. The molecular weight excluding hydrogens is 267 g/mol. The van der Waals surface area contributed by atoms with Gasteiger partial charge in [-0.2, -0.15) is 0 Å². The normalized spacial score (nSPS) is 9.76. The molecular formula is C10H10Cl2N2O3. The van der Waals surface area contributed by atoms with Crippen LogP contribution in [0.2, 0.25) is 10.0 Å². The number of halogens is 2. The Morgan fingerprint density at radius 3 is 2.53 bits per heavy atom. The number of hydrogen-bond acceptors (Lipinski definition) is 2. The molecule has 1 rings (SSSR count). The number of carboxylic acids is 1. The van der Waals surface area contributed by atoms with Gasteiger partial charge in [-0.1, -0.05) is 29.3 Å². The van der Waals surface area contributed by atoms with Crippen molar-refractivity contribution in [1.29, 1.82) is 0 Å². The molecule has 0 saturated carbocycles. The third kappa shape index (κ3) is 4.93. The average Bonchev–Trinajstić information content (AvgIpc) is 2.25. The number of hydrogen-bond donors (Lipinski definition) is 3. The molecule has 1 aromatic rings. The molecule has 0 aliphatic rings. The minimum Gasteiger partial charge on any atom is -0.480 e. The van der Waals surface area contributed by atoms with E-state index in [1.807, 2.05) is 0 Å². The highest BCUT2D eigenvalue weighted by molar-refractivity contribution is 6.35. The van der Waals surface area contributed by atoms with Crippen molar-refractivity contribution in [3.05, 3.63) is 33.8 Å². The zero-order chi connectivity index (χ0) is 12.8. The van der Waals surface area contributed by atoms with E-state index in [1.54, 1.807) is 18.2 Å². The van der Waals surface area contributed by atoms with Crippen LogP contribution < -0.4 is 10.6 Å². The smallest absolute Gasteiger partial charge is 0.323 e. The van der Waals surface area contributed by atoms with E-state index in [1.165, 1.54) is 0 Å². The van der Waals surface area contributed by atoms with Gasteiger partial charge in [0.15, 0.2) is 0 Å². The fraction of sp³-hybridized carbons (Fsp3) is 0.200. The maximum Gasteiger partial charge on any atom is 0.323 e. The van der Waals surface area contributed by atoms with Gasteiger partial charge in [-0.05, 0) is 17.7 Å². The van der Waals surface area contributed by atoms with E-state index >= 15 is 0 Å². The van der Waals surface area contributed by atoms with Crippen molar-refractivity contribution in [3.8, 4) is 0 Å². The Labute approximate surface area is 108 Å². The molecule has 7 heteroatoms. The standard InChI is InChI=1S/C10H10Cl2N2O3/c11-7-2-1-6(8(12)3-7)4-13-10(17)14-5-9(15)16/h1-3H,4-5H2,(H,15,16)(H2,13,14,17). The number of urea groups is 1. The number of amides is 2. The molecule has 0 radical (unpaired) electrons. The monoisotopic (exact) mass is 276 g/mol. The summed E-state index contributed by atoms with van der Waals surface area (Å²) in [5, 5.41) is 13.9. The maximum atomic E-state index is 11.1. The van der Waals surface area contributed by atoms with Crippen molar-refractivity contribution in [2.75, 3.05) is 6.54 Å². The van der Waals surface area contributed by atoms with E-state index in [0.717, 1.165) is 0 Å². The molecule has 0 atom stereocenters. The molecule has 17 heavy (non-hydrogen) atoms. The Morgan fingerprint density at radius 1 is 1.24 bits per heavy atom. The van der Waals surface area contributed by atoms with Crippen LogP contribution in [0, 0.1) is 0 Å². The number of aliphatic carboxylic acids is 1. The van der Waals surface area contributed by atoms with Crippen LogP contribution in [-0.2, 0) is 11.3 Å². The molecule has 0 heterocycles. The maximum absolute atomic E-state index is 11.1. The average molecular weight is 277 g/mol. The summed E-state index contributed by atoms with van der Waals surface area (Å²) in [5.74, 6) is -1.11. The van der Waals surface area contributed by atoms with Gasteiger partial charge in [0, 0.05) is 16.6 Å². The molecule has 0 aliphatic carbocycles. The summed E-state index contributed by atoms with van der Waals surface area (Å²) < 4.78 is 0. The van der Waals surface area contributed by atoms with E-state index in [9.17, 15) is 9.59 Å². The topological polar surface area (TPSA) is 78.4 Å². The molecule has 0 saturated heterocycles. The molecule has 2 amide bonds. The van der Waals surface area contributed by atoms with Crippen molar-refractivity contribution in [1.82, 2.24) is 10.6 Å². The Kier molecular flexibility index (Phi) is 5.06. The summed E-state index contributed by atoms with van der Waals surface area (Å²) in [7, 11) is 0. The quantitative estimate of drug-likeness (QED) is 0.786. The molecule has 5 nitrogen and oxygen atoms in total. The number of nitrogens with one attached hydrogen (secondary N) is 2. The van der Waals surface area contributed by atoms with E-state index in [2.05, 4.69) is 10.6 Å². The van der Waals surface area contributed by atoms with E-state index in [4.69, 9.17) is 28.3 Å². The first kappa shape index (κ1) is 13.6. The highest BCUT2D eigenvalue weighted by Gasteiger charge is 2.05. The van der Waals surface area contributed by atoms with Crippen LogP contribution in [-0.4, -0.2) is 23.7 Å². The predicted molar refractivity (Wildman–Crippen MR) is 64.3 cm³/mol. The molecule has 3 N–H and O–H groups in total. The molecule has 1 aromatic carbocycles. The third-order valence-electron chi connectivity index (χ3n) is 1.85. The van der Waals surface area contributed by atoms with Crippen LogP contribution in [0.25, 0.3) is 0 Å². The third-order valence-corrected chi connectivity index (χ3v) is 2.44. The summed E-state index contributed by atoms with van der Waals surface area (Å²) in [5.41, 5.74) is 0.696. The zero-order valence-electron chi connectivity index (χ0n) is 8.67. The van der Waals surface area contributed by atoms with Crippen LogP contribution in [0.3, 0.4) is 0 Å². The lowest BCUT2D eigenvalue weighted by atomic mass is 10.2. The van der Waals surface area contributed by atoms with Crippen molar-refractivity contribution < 1.29 is 14.7 Å². The summed E-state index contributed by atoms with van der Waals surface area (Å²) in [6, 6.07) is 4.33. The van der Waals surface area contributed by atoms with Crippen molar-refractivity contribution in [2.45, 2.75) is 6.54 Å². The van der Waals surface area contributed by atoms with Gasteiger partial charge in [0.2, 0.25) is 0 Å².